The predicted molar refractivity (Wildman–Crippen MR) is 66.1 cm³/mol. The number of halogens is 2. The first-order chi connectivity index (χ1) is 7.49. The Hall–Kier alpha value is -0.640. The molecule has 4 heteroatoms. The van der Waals surface area contributed by atoms with Gasteiger partial charge in [0.15, 0.2) is 0 Å². The van der Waals surface area contributed by atoms with Gasteiger partial charge in [-0.3, -0.25) is 4.90 Å². The molecule has 1 rings (SSSR count). The number of nitrogens with two attached hydrogens (primary N) is 1. The Bertz CT molecular complexity index is 355. The highest BCUT2D eigenvalue weighted by Gasteiger charge is 2.21. The van der Waals surface area contributed by atoms with Crippen LogP contribution in [0.4, 0.5) is 4.39 Å². The van der Waals surface area contributed by atoms with E-state index in [0.29, 0.717) is 18.2 Å². The van der Waals surface area contributed by atoms with Crippen LogP contribution < -0.4 is 5.73 Å². The van der Waals surface area contributed by atoms with Gasteiger partial charge >= 0.3 is 0 Å². The molecule has 0 saturated heterocycles. The SMILES string of the molecule is CC(C)N(C)C(CN)c1cccc(Cl)c1F. The zero-order valence-electron chi connectivity index (χ0n) is 9.87. The minimum absolute atomic E-state index is 0.140. The average molecular weight is 245 g/mol. The molecular weight excluding hydrogens is 227 g/mol. The first kappa shape index (κ1) is 13.4. The van der Waals surface area contributed by atoms with Crippen molar-refractivity contribution in [3.05, 3.63) is 34.6 Å². The Kier molecular flexibility index (Phi) is 4.71. The molecule has 16 heavy (non-hydrogen) atoms. The Morgan fingerprint density at radius 2 is 2.06 bits per heavy atom. The van der Waals surface area contributed by atoms with E-state index in [2.05, 4.69) is 0 Å². The maximum atomic E-state index is 13.8. The lowest BCUT2D eigenvalue weighted by molar-refractivity contribution is 0.197. The second-order valence-corrected chi connectivity index (χ2v) is 4.56. The smallest absolute Gasteiger partial charge is 0.146 e. The third-order valence-corrected chi connectivity index (χ3v) is 3.16. The molecule has 90 valence electrons. The zero-order valence-corrected chi connectivity index (χ0v) is 10.6. The summed E-state index contributed by atoms with van der Waals surface area (Å²) in [5.41, 5.74) is 6.27. The van der Waals surface area contributed by atoms with Crippen LogP contribution >= 0.6 is 11.6 Å². The van der Waals surface area contributed by atoms with Crippen molar-refractivity contribution in [1.29, 1.82) is 0 Å². The van der Waals surface area contributed by atoms with Gasteiger partial charge in [-0.15, -0.1) is 0 Å². The molecule has 0 aliphatic heterocycles. The lowest BCUT2D eigenvalue weighted by Gasteiger charge is -2.31. The molecule has 1 atom stereocenters. The normalized spacial score (nSPS) is 13.5. The van der Waals surface area contributed by atoms with Gasteiger partial charge < -0.3 is 5.73 Å². The quantitative estimate of drug-likeness (QED) is 0.883. The first-order valence-corrected chi connectivity index (χ1v) is 5.72. The van der Waals surface area contributed by atoms with Gasteiger partial charge in [0.1, 0.15) is 5.82 Å². The molecule has 1 unspecified atom stereocenters. The van der Waals surface area contributed by atoms with E-state index in [1.807, 2.05) is 25.8 Å². The van der Waals surface area contributed by atoms with Crippen LogP contribution in [-0.2, 0) is 0 Å². The zero-order chi connectivity index (χ0) is 12.3. The van der Waals surface area contributed by atoms with Gasteiger partial charge in [0.25, 0.3) is 0 Å². The summed E-state index contributed by atoms with van der Waals surface area (Å²) < 4.78 is 13.8. The van der Waals surface area contributed by atoms with Crippen LogP contribution in [0.25, 0.3) is 0 Å². The molecule has 2 nitrogen and oxygen atoms in total. The number of likely N-dealkylation sites (N-methyl/N-ethyl adjacent to an activating group) is 1. The monoisotopic (exact) mass is 244 g/mol. The average Bonchev–Trinajstić information content (AvgIpc) is 2.24. The molecule has 2 N–H and O–H groups in total. The maximum absolute atomic E-state index is 13.8. The van der Waals surface area contributed by atoms with E-state index in [-0.39, 0.29) is 16.9 Å². The Morgan fingerprint density at radius 1 is 1.44 bits per heavy atom. The van der Waals surface area contributed by atoms with Gasteiger partial charge in [-0.05, 0) is 27.0 Å². The van der Waals surface area contributed by atoms with Crippen molar-refractivity contribution in [2.45, 2.75) is 25.9 Å². The Morgan fingerprint density at radius 3 is 2.56 bits per heavy atom. The largest absolute Gasteiger partial charge is 0.329 e. The summed E-state index contributed by atoms with van der Waals surface area (Å²) in [7, 11) is 1.93. The minimum atomic E-state index is -0.368. The fourth-order valence-corrected chi connectivity index (χ4v) is 1.83. The maximum Gasteiger partial charge on any atom is 0.146 e. The van der Waals surface area contributed by atoms with Crippen molar-refractivity contribution >= 4 is 11.6 Å². The van der Waals surface area contributed by atoms with Gasteiger partial charge in [0.05, 0.1) is 5.02 Å². The number of benzene rings is 1. The van der Waals surface area contributed by atoms with Gasteiger partial charge in [-0.25, -0.2) is 4.39 Å². The van der Waals surface area contributed by atoms with Crippen LogP contribution in [0.15, 0.2) is 18.2 Å². The molecule has 0 radical (unpaired) electrons. The van der Waals surface area contributed by atoms with E-state index in [4.69, 9.17) is 17.3 Å². The van der Waals surface area contributed by atoms with E-state index in [0.717, 1.165) is 0 Å². The van der Waals surface area contributed by atoms with Crippen molar-refractivity contribution in [2.24, 2.45) is 5.73 Å². The van der Waals surface area contributed by atoms with Crippen LogP contribution in [0, 0.1) is 5.82 Å². The Labute approximate surface area is 101 Å². The Balaban J connectivity index is 3.09. The summed E-state index contributed by atoms with van der Waals surface area (Å²) in [5.74, 6) is -0.368. The van der Waals surface area contributed by atoms with Crippen molar-refractivity contribution in [1.82, 2.24) is 4.90 Å². The molecule has 1 aromatic rings. The molecule has 0 aromatic heterocycles. The van der Waals surface area contributed by atoms with Gasteiger partial charge in [-0.1, -0.05) is 23.7 Å². The standard InChI is InChI=1S/C12H18ClFN2/c1-8(2)16(3)11(7-15)9-5-4-6-10(13)12(9)14/h4-6,8,11H,7,15H2,1-3H3. The number of hydrogen-bond acceptors (Lipinski definition) is 2. The number of rotatable bonds is 4. The summed E-state index contributed by atoms with van der Waals surface area (Å²) in [4.78, 5) is 2.04. The van der Waals surface area contributed by atoms with E-state index < -0.39 is 0 Å². The summed E-state index contributed by atoms with van der Waals surface area (Å²) in [6.07, 6.45) is 0. The van der Waals surface area contributed by atoms with E-state index >= 15 is 0 Å². The van der Waals surface area contributed by atoms with Crippen molar-refractivity contribution < 1.29 is 4.39 Å². The van der Waals surface area contributed by atoms with E-state index in [9.17, 15) is 4.39 Å². The highest BCUT2D eigenvalue weighted by molar-refractivity contribution is 6.30. The minimum Gasteiger partial charge on any atom is -0.329 e. The molecule has 0 fully saturated rings. The van der Waals surface area contributed by atoms with Crippen molar-refractivity contribution in [3.8, 4) is 0 Å². The van der Waals surface area contributed by atoms with Crippen LogP contribution in [0.3, 0.4) is 0 Å². The molecule has 0 spiro atoms. The fourth-order valence-electron chi connectivity index (χ4n) is 1.65. The molecule has 0 aliphatic rings. The highest BCUT2D eigenvalue weighted by Crippen LogP contribution is 2.27. The summed E-state index contributed by atoms with van der Waals surface area (Å²) in [5, 5.41) is 0.146. The van der Waals surface area contributed by atoms with Crippen LogP contribution in [0.2, 0.25) is 5.02 Å². The summed E-state index contributed by atoms with van der Waals surface area (Å²) in [6, 6.07) is 5.18. The first-order valence-electron chi connectivity index (χ1n) is 5.35. The highest BCUT2D eigenvalue weighted by atomic mass is 35.5. The van der Waals surface area contributed by atoms with Crippen LogP contribution in [-0.4, -0.2) is 24.5 Å². The molecule has 0 amide bonds. The van der Waals surface area contributed by atoms with E-state index in [1.165, 1.54) is 0 Å². The second-order valence-electron chi connectivity index (χ2n) is 4.15. The summed E-state index contributed by atoms with van der Waals surface area (Å²) in [6.45, 7) is 4.46. The lowest BCUT2D eigenvalue weighted by atomic mass is 10.0. The van der Waals surface area contributed by atoms with Gasteiger partial charge in [-0.2, -0.15) is 0 Å². The van der Waals surface area contributed by atoms with Crippen molar-refractivity contribution in [2.75, 3.05) is 13.6 Å². The van der Waals surface area contributed by atoms with Crippen LogP contribution in [0.1, 0.15) is 25.5 Å². The summed E-state index contributed by atoms with van der Waals surface area (Å²) >= 11 is 5.76. The molecule has 0 saturated carbocycles. The molecule has 0 heterocycles. The lowest BCUT2D eigenvalue weighted by Crippen LogP contribution is -2.36. The van der Waals surface area contributed by atoms with Crippen LogP contribution in [0.5, 0.6) is 0 Å². The molecular formula is C12H18ClFN2. The van der Waals surface area contributed by atoms with E-state index in [1.54, 1.807) is 18.2 Å². The third-order valence-electron chi connectivity index (χ3n) is 2.87. The van der Waals surface area contributed by atoms with Crippen molar-refractivity contribution in [3.63, 3.8) is 0 Å². The number of nitrogens with zero attached hydrogens (tertiary/aromatic N) is 1. The predicted octanol–water partition coefficient (Wildman–Crippen LogP) is 2.82. The second kappa shape index (κ2) is 5.62. The fraction of sp³-hybridized carbons (Fsp3) is 0.500. The van der Waals surface area contributed by atoms with Gasteiger partial charge in [0, 0.05) is 24.2 Å². The number of hydrogen-bond donors (Lipinski definition) is 1. The third kappa shape index (κ3) is 2.73. The molecule has 0 bridgehead atoms. The molecule has 1 aromatic carbocycles. The topological polar surface area (TPSA) is 29.3 Å². The van der Waals surface area contributed by atoms with Gasteiger partial charge in [0.2, 0.25) is 0 Å². The molecule has 0 aliphatic carbocycles.